The van der Waals surface area contributed by atoms with Crippen molar-refractivity contribution in [3.05, 3.63) is 0 Å². The molecule has 1 aliphatic rings. The molecule has 4 atom stereocenters. The van der Waals surface area contributed by atoms with Crippen molar-refractivity contribution in [3.63, 3.8) is 0 Å². The quantitative estimate of drug-likeness (QED) is 0.580. The van der Waals surface area contributed by atoms with Gasteiger partial charge in [0.15, 0.2) is 5.78 Å². The fourth-order valence-corrected chi connectivity index (χ4v) is 4.08. The zero-order valence-electron chi connectivity index (χ0n) is 16.9. The van der Waals surface area contributed by atoms with E-state index >= 15 is 0 Å². The molecule has 1 saturated carbocycles. The van der Waals surface area contributed by atoms with Gasteiger partial charge in [-0.3, -0.25) is 20.2 Å². The largest absolute Gasteiger partial charge is 0.391 e. The van der Waals surface area contributed by atoms with E-state index in [1.807, 2.05) is 13.8 Å². The molecule has 4 N–H and O–H groups in total. The molecule has 0 heterocycles. The smallest absolute Gasteiger partial charge is 0.240 e. The number of rotatable bonds is 11. The Balaban J connectivity index is 2.72. The average molecular weight is 369 g/mol. The zero-order valence-corrected chi connectivity index (χ0v) is 16.9. The van der Waals surface area contributed by atoms with Gasteiger partial charge < -0.3 is 10.8 Å². The summed E-state index contributed by atoms with van der Waals surface area (Å²) in [7, 11) is 3.49. The van der Waals surface area contributed by atoms with Gasteiger partial charge in [-0.05, 0) is 38.8 Å². The van der Waals surface area contributed by atoms with Gasteiger partial charge in [0.1, 0.15) is 0 Å². The molecule has 1 radical (unpaired) electrons. The van der Waals surface area contributed by atoms with Crippen molar-refractivity contribution in [1.82, 2.24) is 10.6 Å². The number of Topliss-reactive ketones (excluding diaryl/α,β-unsaturated/α-hetero) is 1. The minimum atomic E-state index is -0.742. The molecular weight excluding hydrogens is 330 g/mol. The molecule has 1 unspecified atom stereocenters. The van der Waals surface area contributed by atoms with Crippen LogP contribution in [-0.2, 0) is 9.59 Å². The van der Waals surface area contributed by atoms with Crippen LogP contribution in [0.2, 0.25) is 0 Å². The summed E-state index contributed by atoms with van der Waals surface area (Å²) >= 11 is 0. The molecule has 0 saturated heterocycles. The lowest BCUT2D eigenvalue weighted by molar-refractivity contribution is -0.133. The first kappa shape index (κ1) is 23.1. The monoisotopic (exact) mass is 368 g/mol. The first-order chi connectivity index (χ1) is 12.1. The normalized spacial score (nSPS) is 20.8. The second-order valence-electron chi connectivity index (χ2n) is 8.57. The predicted octanol–water partition coefficient (Wildman–Crippen LogP) is 2.01. The van der Waals surface area contributed by atoms with Gasteiger partial charge in [-0.15, -0.1) is 0 Å². The first-order valence-electron chi connectivity index (χ1n) is 10.0. The minimum Gasteiger partial charge on any atom is -0.391 e. The summed E-state index contributed by atoms with van der Waals surface area (Å²) in [5.41, 5.74) is 13.5. The number of likely N-dealkylation sites (N-methyl/N-ethyl adjacent to an activating group) is 1. The van der Waals surface area contributed by atoms with E-state index in [4.69, 9.17) is 11.5 Å². The van der Waals surface area contributed by atoms with E-state index in [1.54, 1.807) is 19.0 Å². The highest BCUT2D eigenvalue weighted by Crippen LogP contribution is 2.29. The van der Waals surface area contributed by atoms with Gasteiger partial charge in [0, 0.05) is 12.0 Å². The Labute approximate surface area is 158 Å². The van der Waals surface area contributed by atoms with E-state index in [9.17, 15) is 14.7 Å². The van der Waals surface area contributed by atoms with E-state index in [-0.39, 0.29) is 30.1 Å². The topological polar surface area (TPSA) is 107 Å². The highest BCUT2D eigenvalue weighted by atomic mass is 16.3. The molecule has 151 valence electrons. The molecular formula is C20H38N3O3. The second-order valence-corrected chi connectivity index (χ2v) is 8.57. The summed E-state index contributed by atoms with van der Waals surface area (Å²) in [5.74, 6) is -0.558. The number of nitrogens with zero attached hydrogens (tertiary/aromatic N) is 1. The van der Waals surface area contributed by atoms with Crippen LogP contribution in [-0.4, -0.2) is 54.0 Å². The van der Waals surface area contributed by atoms with Crippen LogP contribution in [0.3, 0.4) is 0 Å². The minimum absolute atomic E-state index is 0.0438. The number of hydrogen-bond acceptors (Lipinski definition) is 5. The second kappa shape index (κ2) is 11.0. The zero-order chi connectivity index (χ0) is 19.9. The number of aliphatic hydroxyl groups is 1. The fraction of sp³-hybridized carbons (Fsp3) is 0.900. The lowest BCUT2D eigenvalue weighted by atomic mass is 9.79. The molecule has 0 aromatic heterocycles. The summed E-state index contributed by atoms with van der Waals surface area (Å²) in [4.78, 5) is 25.9. The average Bonchev–Trinajstić information content (AvgIpc) is 2.56. The van der Waals surface area contributed by atoms with Crippen molar-refractivity contribution in [1.29, 1.82) is 0 Å². The van der Waals surface area contributed by atoms with Crippen LogP contribution in [0, 0.1) is 17.8 Å². The Bertz CT molecular complexity index is 448. The Morgan fingerprint density at radius 3 is 2.23 bits per heavy atom. The van der Waals surface area contributed by atoms with E-state index in [2.05, 4.69) is 0 Å². The predicted molar refractivity (Wildman–Crippen MR) is 103 cm³/mol. The maximum absolute atomic E-state index is 13.0. The van der Waals surface area contributed by atoms with E-state index in [0.717, 1.165) is 6.42 Å². The van der Waals surface area contributed by atoms with Crippen LogP contribution in [0.15, 0.2) is 0 Å². The van der Waals surface area contributed by atoms with Crippen molar-refractivity contribution < 1.29 is 14.7 Å². The Morgan fingerprint density at radius 2 is 1.77 bits per heavy atom. The molecule has 0 aromatic rings. The van der Waals surface area contributed by atoms with E-state index in [0.29, 0.717) is 12.3 Å². The van der Waals surface area contributed by atoms with E-state index in [1.165, 1.54) is 32.1 Å². The lowest BCUT2D eigenvalue weighted by Crippen LogP contribution is -2.45. The van der Waals surface area contributed by atoms with Crippen molar-refractivity contribution in [3.8, 4) is 0 Å². The van der Waals surface area contributed by atoms with Gasteiger partial charge in [-0.25, -0.2) is 0 Å². The number of nitrogens with one attached hydrogen (secondary N) is 1. The van der Waals surface area contributed by atoms with Crippen molar-refractivity contribution in [2.45, 2.75) is 83.4 Å². The number of amides is 1. The van der Waals surface area contributed by atoms with Gasteiger partial charge in [0.25, 0.3) is 0 Å². The molecule has 1 aliphatic carbocycles. The Kier molecular flexibility index (Phi) is 9.75. The number of carbonyl (C=O) groups is 2. The summed E-state index contributed by atoms with van der Waals surface area (Å²) in [6, 6.07) is -0.933. The molecule has 1 amide bonds. The third-order valence-electron chi connectivity index (χ3n) is 5.82. The maximum Gasteiger partial charge on any atom is 0.240 e. The summed E-state index contributed by atoms with van der Waals surface area (Å²) in [5, 5.41) is 10.6. The van der Waals surface area contributed by atoms with Gasteiger partial charge in [0.05, 0.1) is 18.6 Å². The van der Waals surface area contributed by atoms with Gasteiger partial charge in [-0.2, -0.15) is 0 Å². The molecule has 6 heteroatoms. The molecule has 1 rings (SSSR count). The molecule has 0 bridgehead atoms. The Morgan fingerprint density at radius 1 is 1.19 bits per heavy atom. The molecule has 6 nitrogen and oxygen atoms in total. The maximum atomic E-state index is 13.0. The van der Waals surface area contributed by atoms with Gasteiger partial charge >= 0.3 is 0 Å². The Hall–Kier alpha value is -0.980. The molecule has 0 spiro atoms. The van der Waals surface area contributed by atoms with Crippen LogP contribution < -0.4 is 11.5 Å². The summed E-state index contributed by atoms with van der Waals surface area (Å²) < 4.78 is 0. The first-order valence-corrected chi connectivity index (χ1v) is 10.0. The lowest BCUT2D eigenvalue weighted by Gasteiger charge is -2.32. The number of ketones is 1. The number of nitrogens with two attached hydrogens (primary N) is 1. The van der Waals surface area contributed by atoms with Crippen LogP contribution >= 0.6 is 0 Å². The SMILES string of the molecule is CC(C)[C@@H](C[C@H](O)[C@@H](N)CC1CCCCC1)C(=O)C(CC([NH])=O)N(C)C. The van der Waals surface area contributed by atoms with Gasteiger partial charge in [-0.1, -0.05) is 46.0 Å². The third-order valence-corrected chi connectivity index (χ3v) is 5.82. The molecule has 1 fully saturated rings. The molecule has 0 aliphatic heterocycles. The van der Waals surface area contributed by atoms with Crippen molar-refractivity contribution >= 4 is 11.7 Å². The summed E-state index contributed by atoms with van der Waals surface area (Å²) in [6.45, 7) is 3.91. The van der Waals surface area contributed by atoms with Crippen molar-refractivity contribution in [2.24, 2.45) is 23.5 Å². The van der Waals surface area contributed by atoms with Crippen molar-refractivity contribution in [2.75, 3.05) is 14.1 Å². The fourth-order valence-electron chi connectivity index (χ4n) is 4.08. The number of carbonyl (C=O) groups excluding carboxylic acids is 2. The third kappa shape index (κ3) is 7.33. The van der Waals surface area contributed by atoms with E-state index < -0.39 is 18.1 Å². The molecule has 0 aromatic carbocycles. The number of aliphatic hydroxyl groups excluding tert-OH is 1. The number of hydrogen-bond donors (Lipinski definition) is 2. The standard InChI is InChI=1S/C20H38N3O3/c1-13(2)15(20(26)17(23(3)4)12-19(22)25)11-18(24)16(21)10-14-8-6-5-7-9-14/h13-18,22,24H,5-12,21H2,1-4H3/t15-,16+,17?,18+/m1/s1. The van der Waals surface area contributed by atoms with Crippen LogP contribution in [0.25, 0.3) is 0 Å². The highest BCUT2D eigenvalue weighted by molar-refractivity contribution is 5.90. The highest BCUT2D eigenvalue weighted by Gasteiger charge is 2.34. The molecule has 26 heavy (non-hydrogen) atoms. The van der Waals surface area contributed by atoms with Crippen LogP contribution in [0.5, 0.6) is 0 Å². The van der Waals surface area contributed by atoms with Gasteiger partial charge in [0.2, 0.25) is 5.91 Å². The summed E-state index contributed by atoms with van der Waals surface area (Å²) in [6.07, 6.45) is 6.44. The van der Waals surface area contributed by atoms with Crippen LogP contribution in [0.1, 0.15) is 65.2 Å². The van der Waals surface area contributed by atoms with Crippen LogP contribution in [0.4, 0.5) is 0 Å².